The van der Waals surface area contributed by atoms with E-state index in [9.17, 15) is 9.59 Å². The Balaban J connectivity index is 1.40. The summed E-state index contributed by atoms with van der Waals surface area (Å²) in [6.07, 6.45) is 4.98. The van der Waals surface area contributed by atoms with Crippen LogP contribution in [0.5, 0.6) is 0 Å². The van der Waals surface area contributed by atoms with Crippen LogP contribution in [0.3, 0.4) is 0 Å². The number of aryl methyl sites for hydroxylation is 1. The van der Waals surface area contributed by atoms with Gasteiger partial charge >= 0.3 is 0 Å². The number of fused-ring (bicyclic) bond motifs is 2. The average molecular weight is 359 g/mol. The number of nitrogens with one attached hydrogen (secondary N) is 1. The number of para-hydroxylation sites is 1. The maximum Gasteiger partial charge on any atom is 0.235 e. The third-order valence-electron chi connectivity index (χ3n) is 5.25. The molecule has 0 bridgehead atoms. The lowest BCUT2D eigenvalue weighted by Crippen LogP contribution is -2.48. The lowest BCUT2D eigenvalue weighted by Gasteiger charge is -2.38. The van der Waals surface area contributed by atoms with Gasteiger partial charge in [0.25, 0.3) is 0 Å². The van der Waals surface area contributed by atoms with Crippen LogP contribution < -0.4 is 5.32 Å². The molecule has 2 aliphatic rings. The molecule has 4 rings (SSSR count). The molecule has 0 radical (unpaired) electrons. The number of rotatable bonds is 3. The highest BCUT2D eigenvalue weighted by molar-refractivity contribution is 6.30. The van der Waals surface area contributed by atoms with E-state index in [-0.39, 0.29) is 11.8 Å². The first-order valence-corrected chi connectivity index (χ1v) is 8.83. The van der Waals surface area contributed by atoms with Crippen molar-refractivity contribution in [1.82, 2.24) is 14.7 Å². The number of carbonyl (C=O) groups excluding carboxylic acids is 2. The van der Waals surface area contributed by atoms with Gasteiger partial charge in [-0.25, -0.2) is 0 Å². The van der Waals surface area contributed by atoms with Gasteiger partial charge in [-0.15, -0.1) is 0 Å². The second-order valence-corrected chi connectivity index (χ2v) is 7.07. The Bertz CT molecular complexity index is 824. The zero-order valence-corrected chi connectivity index (χ0v) is 14.5. The molecule has 1 spiro atoms. The predicted octanol–water partition coefficient (Wildman–Crippen LogP) is 2.44. The number of benzene rings is 1. The van der Waals surface area contributed by atoms with Gasteiger partial charge in [0.1, 0.15) is 0 Å². The van der Waals surface area contributed by atoms with Gasteiger partial charge in [0.2, 0.25) is 11.8 Å². The summed E-state index contributed by atoms with van der Waals surface area (Å²) in [7, 11) is 0. The second kappa shape index (κ2) is 6.19. The molecule has 1 aromatic heterocycles. The molecule has 1 N–H and O–H groups in total. The number of nitrogens with zero attached hydrogens (tertiary/aromatic N) is 3. The van der Waals surface area contributed by atoms with Crippen LogP contribution in [0.1, 0.15) is 24.8 Å². The lowest BCUT2D eigenvalue weighted by atomic mass is 9.73. The molecule has 130 valence electrons. The van der Waals surface area contributed by atoms with Crippen LogP contribution in [0.2, 0.25) is 5.02 Å². The number of anilines is 1. The Morgan fingerprint density at radius 1 is 1.28 bits per heavy atom. The maximum atomic E-state index is 12.6. The van der Waals surface area contributed by atoms with E-state index in [0.29, 0.717) is 43.9 Å². The number of aromatic nitrogens is 2. The molecule has 6 nitrogen and oxygen atoms in total. The number of carbonyl (C=O) groups is 2. The van der Waals surface area contributed by atoms with Gasteiger partial charge < -0.3 is 10.2 Å². The Morgan fingerprint density at radius 2 is 2.04 bits per heavy atom. The summed E-state index contributed by atoms with van der Waals surface area (Å²) in [5, 5.41) is 7.64. The van der Waals surface area contributed by atoms with Crippen LogP contribution in [0, 0.1) is 0 Å². The summed E-state index contributed by atoms with van der Waals surface area (Å²) < 4.78 is 1.67. The third-order valence-corrected chi connectivity index (χ3v) is 5.45. The van der Waals surface area contributed by atoms with Gasteiger partial charge in [0, 0.05) is 37.9 Å². The minimum Gasteiger partial charge on any atom is -0.343 e. The fourth-order valence-corrected chi connectivity index (χ4v) is 3.99. The fourth-order valence-electron chi connectivity index (χ4n) is 3.84. The van der Waals surface area contributed by atoms with Crippen molar-refractivity contribution < 1.29 is 9.59 Å². The molecule has 1 aromatic carbocycles. The van der Waals surface area contributed by atoms with Crippen molar-refractivity contribution in [2.24, 2.45) is 0 Å². The lowest BCUT2D eigenvalue weighted by molar-refractivity contribution is -0.135. The number of halogens is 1. The van der Waals surface area contributed by atoms with E-state index in [1.165, 1.54) is 0 Å². The summed E-state index contributed by atoms with van der Waals surface area (Å²) in [4.78, 5) is 26.9. The van der Waals surface area contributed by atoms with Gasteiger partial charge in [0.05, 0.1) is 16.6 Å². The second-order valence-electron chi connectivity index (χ2n) is 6.63. The fraction of sp³-hybridized carbons (Fsp3) is 0.389. The molecule has 0 atom stereocenters. The number of hydrogen-bond donors (Lipinski definition) is 1. The van der Waals surface area contributed by atoms with Crippen molar-refractivity contribution in [3.8, 4) is 0 Å². The number of hydrogen-bond acceptors (Lipinski definition) is 3. The third kappa shape index (κ3) is 2.80. The molecule has 3 heterocycles. The normalized spacial score (nSPS) is 18.3. The molecule has 2 aromatic rings. The number of likely N-dealkylation sites (tertiary alicyclic amines) is 1. The minimum atomic E-state index is -0.483. The molecule has 0 unspecified atom stereocenters. The van der Waals surface area contributed by atoms with Gasteiger partial charge in [-0.3, -0.25) is 14.3 Å². The summed E-state index contributed by atoms with van der Waals surface area (Å²) in [5.41, 5.74) is 1.49. The smallest absolute Gasteiger partial charge is 0.235 e. The number of amides is 2. The highest BCUT2D eigenvalue weighted by atomic mass is 35.5. The molecule has 2 amide bonds. The van der Waals surface area contributed by atoms with Crippen molar-refractivity contribution in [2.45, 2.75) is 31.2 Å². The summed E-state index contributed by atoms with van der Waals surface area (Å²) in [6.45, 7) is 1.71. The monoisotopic (exact) mass is 358 g/mol. The van der Waals surface area contributed by atoms with Crippen molar-refractivity contribution in [3.63, 3.8) is 0 Å². The van der Waals surface area contributed by atoms with Gasteiger partial charge in [-0.05, 0) is 24.5 Å². The van der Waals surface area contributed by atoms with E-state index in [4.69, 9.17) is 11.6 Å². The first-order valence-electron chi connectivity index (χ1n) is 8.45. The van der Waals surface area contributed by atoms with Crippen LogP contribution in [-0.4, -0.2) is 39.6 Å². The van der Waals surface area contributed by atoms with E-state index < -0.39 is 5.41 Å². The van der Waals surface area contributed by atoms with E-state index in [1.54, 1.807) is 17.1 Å². The Labute approximate surface area is 150 Å². The van der Waals surface area contributed by atoms with Crippen LogP contribution in [0.4, 0.5) is 5.69 Å². The molecule has 25 heavy (non-hydrogen) atoms. The first kappa shape index (κ1) is 16.1. The largest absolute Gasteiger partial charge is 0.343 e. The number of piperidine rings is 1. The first-order chi connectivity index (χ1) is 12.1. The SMILES string of the molecule is O=C(CCn1cc(Cl)cn1)N1CCC2(CC1)C(=O)Nc1ccccc12. The molecule has 0 saturated carbocycles. The Kier molecular flexibility index (Phi) is 4.00. The van der Waals surface area contributed by atoms with E-state index in [2.05, 4.69) is 10.4 Å². The average Bonchev–Trinajstić information content (AvgIpc) is 3.16. The van der Waals surface area contributed by atoms with Crippen LogP contribution in [0.15, 0.2) is 36.7 Å². The van der Waals surface area contributed by atoms with Crippen molar-refractivity contribution >= 4 is 29.1 Å². The molecular weight excluding hydrogens is 340 g/mol. The van der Waals surface area contributed by atoms with Crippen molar-refractivity contribution in [2.75, 3.05) is 18.4 Å². The quantitative estimate of drug-likeness (QED) is 0.916. The minimum absolute atomic E-state index is 0.0620. The Hall–Kier alpha value is -2.34. The molecule has 1 saturated heterocycles. The van der Waals surface area contributed by atoms with E-state index in [0.717, 1.165) is 11.3 Å². The molecule has 7 heteroatoms. The van der Waals surface area contributed by atoms with Crippen LogP contribution in [0.25, 0.3) is 0 Å². The van der Waals surface area contributed by atoms with Crippen LogP contribution in [-0.2, 0) is 21.5 Å². The van der Waals surface area contributed by atoms with Gasteiger partial charge in [-0.1, -0.05) is 29.8 Å². The topological polar surface area (TPSA) is 67.2 Å². The van der Waals surface area contributed by atoms with E-state index >= 15 is 0 Å². The zero-order chi connectivity index (χ0) is 17.4. The summed E-state index contributed by atoms with van der Waals surface area (Å²) in [6, 6.07) is 7.85. The molecule has 2 aliphatic heterocycles. The molecular formula is C18H19ClN4O2. The Morgan fingerprint density at radius 3 is 2.76 bits per heavy atom. The van der Waals surface area contributed by atoms with Crippen molar-refractivity contribution in [3.05, 3.63) is 47.2 Å². The maximum absolute atomic E-state index is 12.6. The van der Waals surface area contributed by atoms with E-state index in [1.807, 2.05) is 29.2 Å². The molecule has 1 fully saturated rings. The zero-order valence-electron chi connectivity index (χ0n) is 13.7. The summed E-state index contributed by atoms with van der Waals surface area (Å²) >= 11 is 5.83. The highest BCUT2D eigenvalue weighted by Gasteiger charge is 2.48. The van der Waals surface area contributed by atoms with Gasteiger partial charge in [0.15, 0.2) is 0 Å². The predicted molar refractivity (Wildman–Crippen MR) is 94.4 cm³/mol. The summed E-state index contributed by atoms with van der Waals surface area (Å²) in [5.74, 6) is 0.153. The highest BCUT2D eigenvalue weighted by Crippen LogP contribution is 2.44. The van der Waals surface area contributed by atoms with Gasteiger partial charge in [-0.2, -0.15) is 5.10 Å². The van der Waals surface area contributed by atoms with Crippen molar-refractivity contribution in [1.29, 1.82) is 0 Å². The standard InChI is InChI=1S/C18H19ClN4O2/c19-13-11-20-23(12-13)8-5-16(24)22-9-6-18(7-10-22)14-3-1-2-4-15(14)21-17(18)25/h1-4,11-12H,5-10H2,(H,21,25). The van der Waals surface area contributed by atoms with Crippen LogP contribution >= 0.6 is 11.6 Å². The molecule has 0 aliphatic carbocycles.